The van der Waals surface area contributed by atoms with Crippen LogP contribution in [0.1, 0.15) is 18.1 Å². The molecule has 0 aliphatic heterocycles. The number of hydrogen-bond donors (Lipinski definition) is 2. The molecule has 0 radical (unpaired) electrons. The average Bonchev–Trinajstić information content (AvgIpc) is 2.72. The Labute approximate surface area is 159 Å². The molecule has 0 heterocycles. The molecule has 2 N–H and O–H groups in total. The van der Waals surface area contributed by atoms with Crippen molar-refractivity contribution in [1.82, 2.24) is 5.32 Å². The van der Waals surface area contributed by atoms with Gasteiger partial charge in [-0.2, -0.15) is 0 Å². The summed E-state index contributed by atoms with van der Waals surface area (Å²) in [5.41, 5.74) is 0.698. The van der Waals surface area contributed by atoms with E-state index in [4.69, 9.17) is 4.74 Å². The Bertz CT molecular complexity index is 904. The Hall–Kier alpha value is -2.69. The fourth-order valence-electron chi connectivity index (χ4n) is 3.35. The van der Waals surface area contributed by atoms with E-state index in [0.717, 1.165) is 21.9 Å². The van der Waals surface area contributed by atoms with Gasteiger partial charge in [0.05, 0.1) is 12.6 Å². The van der Waals surface area contributed by atoms with Crippen LogP contribution in [0.15, 0.2) is 72.8 Å². The van der Waals surface area contributed by atoms with Crippen LogP contribution in [-0.4, -0.2) is 30.8 Å². The highest BCUT2D eigenvalue weighted by atomic mass is 16.5. The molecule has 0 fully saturated rings. The van der Waals surface area contributed by atoms with Crippen LogP contribution in [0.2, 0.25) is 0 Å². The lowest BCUT2D eigenvalue weighted by molar-refractivity contribution is -0.143. The largest absolute Gasteiger partial charge is 0.394 e. The van der Waals surface area contributed by atoms with E-state index in [0.29, 0.717) is 6.42 Å². The SMILES string of the molecule is CO[C@](C)(C(=O)N[C@@H](CO)Cc1ccccc1)c1cccc2ccccc12. The summed E-state index contributed by atoms with van der Waals surface area (Å²) in [4.78, 5) is 13.2. The van der Waals surface area contributed by atoms with Crippen LogP contribution >= 0.6 is 0 Å². The molecule has 3 aromatic rings. The van der Waals surface area contributed by atoms with Crippen LogP contribution in [0.5, 0.6) is 0 Å². The molecule has 0 unspecified atom stereocenters. The third-order valence-electron chi connectivity index (χ3n) is 5.03. The van der Waals surface area contributed by atoms with Gasteiger partial charge in [-0.3, -0.25) is 4.79 Å². The van der Waals surface area contributed by atoms with Crippen molar-refractivity contribution in [2.24, 2.45) is 0 Å². The number of methoxy groups -OCH3 is 1. The molecule has 0 aromatic heterocycles. The standard InChI is InChI=1S/C23H25NO3/c1-23(27-2,21-14-8-12-18-11-6-7-13-20(18)21)22(26)24-19(16-25)15-17-9-4-3-5-10-17/h3-14,19,25H,15-16H2,1-2H3,(H,24,26)/t19-,23+/m1/s1. The lowest BCUT2D eigenvalue weighted by Crippen LogP contribution is -2.49. The van der Waals surface area contributed by atoms with Gasteiger partial charge in [0.25, 0.3) is 5.91 Å². The maximum Gasteiger partial charge on any atom is 0.256 e. The Kier molecular flexibility index (Phi) is 5.89. The molecule has 0 aliphatic carbocycles. The fourth-order valence-corrected chi connectivity index (χ4v) is 3.35. The summed E-state index contributed by atoms with van der Waals surface area (Å²) in [6.45, 7) is 1.62. The second kappa shape index (κ2) is 8.33. The topological polar surface area (TPSA) is 58.6 Å². The molecule has 0 bridgehead atoms. The maximum absolute atomic E-state index is 13.2. The van der Waals surface area contributed by atoms with E-state index >= 15 is 0 Å². The van der Waals surface area contributed by atoms with Gasteiger partial charge in [-0.25, -0.2) is 0 Å². The van der Waals surface area contributed by atoms with Crippen molar-refractivity contribution < 1.29 is 14.6 Å². The zero-order valence-electron chi connectivity index (χ0n) is 15.7. The number of ether oxygens (including phenoxy) is 1. The van der Waals surface area contributed by atoms with Crippen molar-refractivity contribution in [2.45, 2.75) is 25.0 Å². The number of fused-ring (bicyclic) bond motifs is 1. The van der Waals surface area contributed by atoms with Crippen LogP contribution in [0.3, 0.4) is 0 Å². The van der Waals surface area contributed by atoms with Crippen LogP contribution in [0, 0.1) is 0 Å². The summed E-state index contributed by atoms with van der Waals surface area (Å²) in [5, 5.41) is 14.7. The Balaban J connectivity index is 1.87. The average molecular weight is 363 g/mol. The van der Waals surface area contributed by atoms with Gasteiger partial charge in [0.1, 0.15) is 0 Å². The van der Waals surface area contributed by atoms with Crippen molar-refractivity contribution in [2.75, 3.05) is 13.7 Å². The number of rotatable bonds is 7. The smallest absolute Gasteiger partial charge is 0.256 e. The quantitative estimate of drug-likeness (QED) is 0.676. The zero-order valence-corrected chi connectivity index (χ0v) is 15.7. The lowest BCUT2D eigenvalue weighted by Gasteiger charge is -2.30. The van der Waals surface area contributed by atoms with Gasteiger partial charge in [0.2, 0.25) is 0 Å². The molecule has 1 amide bonds. The third kappa shape index (κ3) is 4.02. The molecule has 0 aliphatic rings. The zero-order chi connectivity index (χ0) is 19.3. The van der Waals surface area contributed by atoms with E-state index in [9.17, 15) is 9.90 Å². The second-order valence-electron chi connectivity index (χ2n) is 6.81. The van der Waals surface area contributed by atoms with Crippen molar-refractivity contribution in [1.29, 1.82) is 0 Å². The summed E-state index contributed by atoms with van der Waals surface area (Å²) >= 11 is 0. The molecule has 0 saturated heterocycles. The molecular weight excluding hydrogens is 338 g/mol. The highest BCUT2D eigenvalue weighted by Crippen LogP contribution is 2.31. The Morgan fingerprint density at radius 2 is 1.70 bits per heavy atom. The number of aliphatic hydroxyl groups is 1. The van der Waals surface area contributed by atoms with Crippen LogP contribution in [0.4, 0.5) is 0 Å². The Morgan fingerprint density at radius 3 is 2.41 bits per heavy atom. The molecule has 2 atom stereocenters. The molecule has 140 valence electrons. The van der Waals surface area contributed by atoms with E-state index in [2.05, 4.69) is 5.32 Å². The molecule has 3 rings (SSSR count). The number of nitrogens with one attached hydrogen (secondary N) is 1. The summed E-state index contributed by atoms with van der Waals surface area (Å²) in [6, 6.07) is 23.2. The maximum atomic E-state index is 13.2. The summed E-state index contributed by atoms with van der Waals surface area (Å²) in [7, 11) is 1.53. The predicted molar refractivity (Wildman–Crippen MR) is 107 cm³/mol. The van der Waals surface area contributed by atoms with E-state index < -0.39 is 5.60 Å². The third-order valence-corrected chi connectivity index (χ3v) is 5.03. The minimum absolute atomic E-state index is 0.143. The van der Waals surface area contributed by atoms with E-state index in [1.165, 1.54) is 7.11 Å². The van der Waals surface area contributed by atoms with Gasteiger partial charge in [-0.1, -0.05) is 72.8 Å². The first kappa shape index (κ1) is 19.1. The number of amides is 1. The van der Waals surface area contributed by atoms with Crippen molar-refractivity contribution in [3.63, 3.8) is 0 Å². The summed E-state index contributed by atoms with van der Waals surface area (Å²) in [6.07, 6.45) is 0.554. The van der Waals surface area contributed by atoms with E-state index in [1.807, 2.05) is 72.8 Å². The molecule has 3 aromatic carbocycles. The molecule has 0 saturated carbocycles. The second-order valence-corrected chi connectivity index (χ2v) is 6.81. The van der Waals surface area contributed by atoms with Gasteiger partial charge in [0, 0.05) is 12.7 Å². The molecular formula is C23H25NO3. The first-order chi connectivity index (χ1) is 13.1. The number of benzene rings is 3. The number of hydrogen-bond acceptors (Lipinski definition) is 3. The normalized spacial score (nSPS) is 14.5. The summed E-state index contributed by atoms with van der Waals surface area (Å²) < 4.78 is 5.70. The van der Waals surface area contributed by atoms with Gasteiger partial charge in [-0.15, -0.1) is 0 Å². The number of aliphatic hydroxyl groups excluding tert-OH is 1. The number of carbonyl (C=O) groups excluding carboxylic acids is 1. The van der Waals surface area contributed by atoms with Crippen LogP contribution < -0.4 is 5.32 Å². The van der Waals surface area contributed by atoms with E-state index in [-0.39, 0.29) is 18.6 Å². The van der Waals surface area contributed by atoms with Crippen LogP contribution in [0.25, 0.3) is 10.8 Å². The predicted octanol–water partition coefficient (Wildman–Crippen LogP) is 3.42. The minimum atomic E-state index is -1.16. The van der Waals surface area contributed by atoms with Gasteiger partial charge >= 0.3 is 0 Å². The van der Waals surface area contributed by atoms with Gasteiger partial charge in [-0.05, 0) is 29.7 Å². The highest BCUT2D eigenvalue weighted by Gasteiger charge is 2.37. The first-order valence-electron chi connectivity index (χ1n) is 9.07. The monoisotopic (exact) mass is 363 g/mol. The van der Waals surface area contributed by atoms with E-state index in [1.54, 1.807) is 6.92 Å². The molecule has 4 nitrogen and oxygen atoms in total. The minimum Gasteiger partial charge on any atom is -0.394 e. The fraction of sp³-hybridized carbons (Fsp3) is 0.261. The molecule has 4 heteroatoms. The van der Waals surface area contributed by atoms with Crippen LogP contribution in [-0.2, 0) is 21.6 Å². The van der Waals surface area contributed by atoms with Gasteiger partial charge in [0.15, 0.2) is 5.60 Å². The van der Waals surface area contributed by atoms with Crippen molar-refractivity contribution in [3.8, 4) is 0 Å². The number of carbonyl (C=O) groups is 1. The summed E-state index contributed by atoms with van der Waals surface area (Å²) in [5.74, 6) is -0.267. The Morgan fingerprint density at radius 1 is 1.04 bits per heavy atom. The highest BCUT2D eigenvalue weighted by molar-refractivity contribution is 5.94. The van der Waals surface area contributed by atoms with Crippen molar-refractivity contribution >= 4 is 16.7 Å². The van der Waals surface area contributed by atoms with Gasteiger partial charge < -0.3 is 15.2 Å². The lowest BCUT2D eigenvalue weighted by atomic mass is 9.89. The van der Waals surface area contributed by atoms with Crippen molar-refractivity contribution in [3.05, 3.63) is 83.9 Å². The molecule has 27 heavy (non-hydrogen) atoms. The molecule has 0 spiro atoms. The first-order valence-corrected chi connectivity index (χ1v) is 9.07.